The fraction of sp³-hybridized carbons (Fsp3) is 0.737. The molecule has 51 heavy (non-hydrogen) atoms. The largest absolute Gasteiger partial charge is 0.459 e. The summed E-state index contributed by atoms with van der Waals surface area (Å²) < 4.78 is 29.6. The number of esters is 1. The van der Waals surface area contributed by atoms with Crippen molar-refractivity contribution in [3.8, 4) is 0 Å². The van der Waals surface area contributed by atoms with Crippen LogP contribution in [0.5, 0.6) is 0 Å². The number of rotatable bonds is 11. The van der Waals surface area contributed by atoms with Gasteiger partial charge in [-0.15, -0.1) is 0 Å². The van der Waals surface area contributed by atoms with Gasteiger partial charge in [-0.3, -0.25) is 9.69 Å². The molecule has 0 aliphatic carbocycles. The van der Waals surface area contributed by atoms with Crippen molar-refractivity contribution in [2.24, 2.45) is 5.41 Å². The monoisotopic (exact) mass is 715 g/mol. The lowest BCUT2D eigenvalue weighted by Crippen LogP contribution is -2.56. The predicted octanol–water partition coefficient (Wildman–Crippen LogP) is 6.80. The number of nitrogens with one attached hydrogen (secondary N) is 2. The zero-order valence-electron chi connectivity index (χ0n) is 33.2. The van der Waals surface area contributed by atoms with Gasteiger partial charge in [-0.2, -0.15) is 0 Å². The van der Waals surface area contributed by atoms with Crippen molar-refractivity contribution in [1.29, 1.82) is 0 Å². The van der Waals surface area contributed by atoms with Gasteiger partial charge in [-0.25, -0.2) is 14.4 Å². The number of alkyl carbamates (subject to hydrolysis) is 1. The van der Waals surface area contributed by atoms with E-state index in [1.165, 1.54) is 4.90 Å². The Balaban J connectivity index is 1.90. The van der Waals surface area contributed by atoms with E-state index in [-0.39, 0.29) is 26.0 Å². The van der Waals surface area contributed by atoms with Crippen molar-refractivity contribution in [1.82, 2.24) is 15.5 Å². The molecule has 2 saturated heterocycles. The van der Waals surface area contributed by atoms with Crippen molar-refractivity contribution in [3.05, 3.63) is 35.9 Å². The van der Waals surface area contributed by atoms with Crippen LogP contribution in [0.15, 0.2) is 30.3 Å². The number of hydrogen-bond donors (Lipinski definition) is 2. The second-order valence-corrected chi connectivity index (χ2v) is 18.0. The number of ether oxygens (including phenoxy) is 3. The van der Waals surface area contributed by atoms with Gasteiger partial charge < -0.3 is 34.2 Å². The summed E-state index contributed by atoms with van der Waals surface area (Å²) in [6, 6.07) is 7.70. The van der Waals surface area contributed by atoms with Crippen LogP contribution >= 0.6 is 0 Å². The predicted molar refractivity (Wildman–Crippen MR) is 196 cm³/mol. The molecule has 3 rings (SSSR count). The third-order valence-electron chi connectivity index (χ3n) is 9.43. The molecule has 286 valence electrons. The summed E-state index contributed by atoms with van der Waals surface area (Å²) in [4.78, 5) is 56.3. The minimum Gasteiger partial charge on any atom is -0.459 e. The second kappa shape index (κ2) is 15.7. The van der Waals surface area contributed by atoms with Gasteiger partial charge in [0.15, 0.2) is 0 Å². The number of carbonyl (C=O) groups excluding carboxylic acids is 4. The Morgan fingerprint density at radius 2 is 1.45 bits per heavy atom. The highest BCUT2D eigenvalue weighted by molar-refractivity contribution is 6.45. The lowest BCUT2D eigenvalue weighted by Gasteiger charge is -2.37. The van der Waals surface area contributed by atoms with Crippen molar-refractivity contribution >= 4 is 31.2 Å². The van der Waals surface area contributed by atoms with Crippen LogP contribution in [0.2, 0.25) is 6.32 Å². The minimum atomic E-state index is -1.44. The van der Waals surface area contributed by atoms with Crippen molar-refractivity contribution in [2.45, 2.75) is 169 Å². The van der Waals surface area contributed by atoms with Crippen molar-refractivity contribution in [3.63, 3.8) is 0 Å². The minimum absolute atomic E-state index is 0.00160. The molecular formula is C38H62BN3O9. The fourth-order valence-corrected chi connectivity index (χ4v) is 6.23. The molecule has 2 aliphatic heterocycles. The highest BCUT2D eigenvalue weighted by Gasteiger charge is 2.56. The van der Waals surface area contributed by atoms with E-state index in [1.54, 1.807) is 41.5 Å². The maximum Gasteiger partial charge on any atom is 0.457 e. The maximum absolute atomic E-state index is 14.3. The van der Waals surface area contributed by atoms with E-state index in [4.69, 9.17) is 23.5 Å². The number of carbonyl (C=O) groups is 4. The van der Waals surface area contributed by atoms with Gasteiger partial charge in [0.1, 0.15) is 29.4 Å². The molecule has 0 bridgehead atoms. The van der Waals surface area contributed by atoms with Crippen molar-refractivity contribution < 1.29 is 42.7 Å². The lowest BCUT2D eigenvalue weighted by molar-refractivity contribution is -0.158. The van der Waals surface area contributed by atoms with Crippen LogP contribution in [0.25, 0.3) is 0 Å². The van der Waals surface area contributed by atoms with Crippen LogP contribution in [0, 0.1) is 5.41 Å². The van der Waals surface area contributed by atoms with Gasteiger partial charge >= 0.3 is 25.3 Å². The third kappa shape index (κ3) is 11.6. The zero-order chi connectivity index (χ0) is 38.6. The number of benzene rings is 1. The molecule has 12 nitrogen and oxygen atoms in total. The van der Waals surface area contributed by atoms with Crippen LogP contribution in [-0.4, -0.2) is 82.7 Å². The van der Waals surface area contributed by atoms with Gasteiger partial charge in [0.2, 0.25) is 5.91 Å². The van der Waals surface area contributed by atoms with Crippen LogP contribution in [0.1, 0.15) is 121 Å². The molecule has 0 spiro atoms. The first-order valence-electron chi connectivity index (χ1n) is 18.1. The summed E-state index contributed by atoms with van der Waals surface area (Å²) in [6.45, 7) is 24.0. The molecule has 2 heterocycles. The number of hydrogen-bond acceptors (Lipinski definition) is 9. The summed E-state index contributed by atoms with van der Waals surface area (Å²) in [5.41, 5.74) is -3.87. The Morgan fingerprint density at radius 1 is 0.882 bits per heavy atom. The highest BCUT2D eigenvalue weighted by atomic mass is 16.7. The Hall–Kier alpha value is -3.32. The van der Waals surface area contributed by atoms with Crippen LogP contribution in [0.3, 0.4) is 0 Å². The molecule has 3 atom stereocenters. The van der Waals surface area contributed by atoms with Gasteiger partial charge in [0, 0.05) is 19.0 Å². The van der Waals surface area contributed by atoms with Gasteiger partial charge in [0.25, 0.3) is 0 Å². The molecule has 0 aromatic heterocycles. The van der Waals surface area contributed by atoms with E-state index < -0.39 is 76.6 Å². The smallest absolute Gasteiger partial charge is 0.457 e. The Morgan fingerprint density at radius 3 is 1.98 bits per heavy atom. The van der Waals surface area contributed by atoms with E-state index in [0.717, 1.165) is 5.56 Å². The molecule has 1 aromatic carbocycles. The normalized spacial score (nSPS) is 22.3. The van der Waals surface area contributed by atoms with Crippen LogP contribution in [-0.2, 0) is 39.7 Å². The molecule has 1 aromatic rings. The summed E-state index contributed by atoms with van der Waals surface area (Å²) >= 11 is 0. The number of likely N-dealkylation sites (tertiary alicyclic amines) is 1. The number of amides is 3. The molecule has 2 aliphatic rings. The van der Waals surface area contributed by atoms with E-state index in [9.17, 15) is 19.2 Å². The summed E-state index contributed by atoms with van der Waals surface area (Å²) in [5.74, 6) is -1.04. The molecule has 0 radical (unpaired) electrons. The molecule has 2 fully saturated rings. The summed E-state index contributed by atoms with van der Waals surface area (Å²) in [5, 5.41) is 5.75. The van der Waals surface area contributed by atoms with Gasteiger partial charge in [0.05, 0.1) is 11.2 Å². The zero-order valence-corrected chi connectivity index (χ0v) is 33.2. The van der Waals surface area contributed by atoms with Crippen LogP contribution in [0.4, 0.5) is 9.59 Å². The first-order chi connectivity index (χ1) is 23.2. The van der Waals surface area contributed by atoms with Gasteiger partial charge in [-0.1, -0.05) is 63.9 Å². The molecule has 13 heteroatoms. The average molecular weight is 716 g/mol. The standard InChI is InChI=1S/C38H62BN3O9/c1-33(2,3)28(41-31(45)48-34(4,5)6)29(43)40-27-23-38(42(24-27)32(46)49-35(7,8)9,30(44)47-25-26-19-15-14-16-20-26)21-17-18-22-39-50-36(10,11)37(12,13)51-39/h14-16,19-20,27-28H,17-18,21-25H2,1-13H3,(H,40,43)(H,41,45)/t27?,28-,38?/m1/s1. The van der Waals surface area contributed by atoms with Crippen molar-refractivity contribution in [2.75, 3.05) is 6.54 Å². The Bertz CT molecular complexity index is 1370. The Kier molecular flexibility index (Phi) is 13.0. The van der Waals surface area contributed by atoms with Gasteiger partial charge in [-0.05, 0) is 93.0 Å². The summed E-state index contributed by atoms with van der Waals surface area (Å²) in [7, 11) is -0.402. The second-order valence-electron chi connectivity index (χ2n) is 18.0. The average Bonchev–Trinajstić information content (AvgIpc) is 3.43. The van der Waals surface area contributed by atoms with E-state index in [1.807, 2.05) is 78.8 Å². The van der Waals surface area contributed by atoms with E-state index in [2.05, 4.69) is 10.6 Å². The number of nitrogens with zero attached hydrogens (tertiary/aromatic N) is 1. The molecule has 0 saturated carbocycles. The first kappa shape index (κ1) is 42.1. The molecule has 2 N–H and O–H groups in total. The maximum atomic E-state index is 14.3. The molecule has 3 amide bonds. The highest BCUT2D eigenvalue weighted by Crippen LogP contribution is 2.40. The van der Waals surface area contributed by atoms with E-state index in [0.29, 0.717) is 19.2 Å². The van der Waals surface area contributed by atoms with Crippen LogP contribution < -0.4 is 10.6 Å². The third-order valence-corrected chi connectivity index (χ3v) is 9.43. The summed E-state index contributed by atoms with van der Waals surface area (Å²) in [6.07, 6.45) is 0.723. The number of unbranched alkanes of at least 4 members (excludes halogenated alkanes) is 1. The first-order valence-corrected chi connectivity index (χ1v) is 18.1. The fourth-order valence-electron chi connectivity index (χ4n) is 6.23. The SMILES string of the molecule is CC(C)(C)OC(=O)N[C@H](C(=O)NC1CN(C(=O)OC(C)(C)C)C(CCCCB2OC(C)(C)C(C)(C)O2)(C(=O)OCc2ccccc2)C1)C(C)(C)C. The van der Waals surface area contributed by atoms with E-state index >= 15 is 0 Å². The lowest BCUT2D eigenvalue weighted by atomic mass is 9.80. The Labute approximate surface area is 305 Å². The molecular weight excluding hydrogens is 653 g/mol. The topological polar surface area (TPSA) is 142 Å². The molecule has 2 unspecified atom stereocenters. The quantitative estimate of drug-likeness (QED) is 0.110.